The highest BCUT2D eigenvalue weighted by Gasteiger charge is 2.70. The molecule has 0 aromatic rings. The summed E-state index contributed by atoms with van der Waals surface area (Å²) < 4.78 is 0. The van der Waals surface area contributed by atoms with Gasteiger partial charge in [0.15, 0.2) is 0 Å². The molecule has 0 aliphatic heterocycles. The molecule has 9 atom stereocenters. The van der Waals surface area contributed by atoms with E-state index in [2.05, 4.69) is 54.2 Å². The highest BCUT2D eigenvalue weighted by molar-refractivity contribution is 5.77. The summed E-state index contributed by atoms with van der Waals surface area (Å²) in [5.74, 6) is 0.958. The van der Waals surface area contributed by atoms with Crippen LogP contribution in [0.2, 0.25) is 0 Å². The molecule has 0 aromatic carbocycles. The first-order valence-electron chi connectivity index (χ1n) is 13.5. The van der Waals surface area contributed by atoms with Gasteiger partial charge in [0.2, 0.25) is 0 Å². The highest BCUT2D eigenvalue weighted by atomic mass is 16.4. The molecule has 0 spiro atoms. The molecule has 0 heterocycles. The second-order valence-corrected chi connectivity index (χ2v) is 14.1. The minimum absolute atomic E-state index is 0.0409. The van der Waals surface area contributed by atoms with Crippen LogP contribution in [0, 0.1) is 50.7 Å². The number of rotatable bonds is 2. The van der Waals surface area contributed by atoms with Crippen molar-refractivity contribution in [3.05, 3.63) is 23.8 Å². The van der Waals surface area contributed by atoms with Crippen LogP contribution in [-0.4, -0.2) is 22.3 Å². The molecule has 0 saturated heterocycles. The van der Waals surface area contributed by atoms with E-state index in [0.717, 1.165) is 44.9 Å². The molecule has 0 radical (unpaired) electrons. The predicted octanol–water partition coefficient (Wildman–Crippen LogP) is 7.01. The van der Waals surface area contributed by atoms with E-state index in [1.54, 1.807) is 0 Å². The lowest BCUT2D eigenvalue weighted by Gasteiger charge is -2.70. The lowest BCUT2D eigenvalue weighted by molar-refractivity contribution is -0.202. The van der Waals surface area contributed by atoms with Crippen molar-refractivity contribution in [1.29, 1.82) is 0 Å². The maximum Gasteiger partial charge on any atom is 0.310 e. The Morgan fingerprint density at radius 1 is 0.970 bits per heavy atom. The van der Waals surface area contributed by atoms with Gasteiger partial charge in [-0.25, -0.2) is 0 Å². The standard InChI is InChI=1S/C30H46O3/c1-18(2)19-10-15-30(25(32)33)17-16-28(6)20(24(19)30)8-9-22-27(5)13-12-23(31)26(3,4)21(27)11-14-29(22,28)7/h8,19,21-24,31H,1,9-17H2,2-7H3,(H,32,33)/t19-,21?,22?,23-,24?,27-,28+,29+,30-/m0/s1. The number of fused-ring (bicyclic) bond motifs is 7. The van der Waals surface area contributed by atoms with E-state index in [1.807, 2.05) is 0 Å². The number of carboxylic acids is 1. The second-order valence-electron chi connectivity index (χ2n) is 14.1. The molecule has 3 unspecified atom stereocenters. The summed E-state index contributed by atoms with van der Waals surface area (Å²) in [6.07, 6.45) is 11.3. The van der Waals surface area contributed by atoms with Gasteiger partial charge in [0.25, 0.3) is 0 Å². The second kappa shape index (κ2) is 6.99. The summed E-state index contributed by atoms with van der Waals surface area (Å²) in [5, 5.41) is 21.3. The number of aliphatic carboxylic acids is 1. The molecule has 33 heavy (non-hydrogen) atoms. The zero-order valence-corrected chi connectivity index (χ0v) is 21.8. The Hall–Kier alpha value is -1.09. The van der Waals surface area contributed by atoms with Crippen molar-refractivity contribution in [3.63, 3.8) is 0 Å². The van der Waals surface area contributed by atoms with Crippen LogP contribution in [0.25, 0.3) is 0 Å². The fraction of sp³-hybridized carbons (Fsp3) is 0.833. The molecule has 0 aromatic heterocycles. The van der Waals surface area contributed by atoms with Crippen LogP contribution in [0.1, 0.15) is 99.3 Å². The van der Waals surface area contributed by atoms with Crippen molar-refractivity contribution in [2.24, 2.45) is 50.7 Å². The van der Waals surface area contributed by atoms with Crippen LogP contribution in [0.3, 0.4) is 0 Å². The van der Waals surface area contributed by atoms with Crippen LogP contribution in [-0.2, 0) is 4.79 Å². The molecule has 3 nitrogen and oxygen atoms in total. The van der Waals surface area contributed by atoms with Crippen LogP contribution in [0.5, 0.6) is 0 Å². The topological polar surface area (TPSA) is 57.5 Å². The predicted molar refractivity (Wildman–Crippen MR) is 133 cm³/mol. The number of carboxylic acid groups (broad SMARTS) is 1. The van der Waals surface area contributed by atoms with Gasteiger partial charge in [0.05, 0.1) is 11.5 Å². The van der Waals surface area contributed by atoms with Crippen LogP contribution < -0.4 is 0 Å². The first kappa shape index (κ1) is 23.6. The molecule has 4 saturated carbocycles. The van der Waals surface area contributed by atoms with Crippen LogP contribution in [0.15, 0.2) is 23.8 Å². The third kappa shape index (κ3) is 2.69. The molecule has 2 N–H and O–H groups in total. The third-order valence-electron chi connectivity index (χ3n) is 12.9. The average Bonchev–Trinajstić information content (AvgIpc) is 3.13. The largest absolute Gasteiger partial charge is 0.481 e. The van der Waals surface area contributed by atoms with Crippen molar-refractivity contribution >= 4 is 5.97 Å². The molecule has 4 fully saturated rings. The van der Waals surface area contributed by atoms with Gasteiger partial charge in [-0.1, -0.05) is 58.4 Å². The van der Waals surface area contributed by atoms with Gasteiger partial charge in [-0.2, -0.15) is 0 Å². The quantitative estimate of drug-likeness (QED) is 0.441. The Morgan fingerprint density at radius 3 is 2.30 bits per heavy atom. The Kier molecular flexibility index (Phi) is 5.01. The van der Waals surface area contributed by atoms with E-state index in [9.17, 15) is 15.0 Å². The number of hydrogen-bond acceptors (Lipinski definition) is 2. The first-order chi connectivity index (χ1) is 15.3. The smallest absolute Gasteiger partial charge is 0.310 e. The van der Waals surface area contributed by atoms with Gasteiger partial charge < -0.3 is 10.2 Å². The van der Waals surface area contributed by atoms with E-state index >= 15 is 0 Å². The summed E-state index contributed by atoms with van der Waals surface area (Å²) in [6, 6.07) is 0. The van der Waals surface area contributed by atoms with Crippen molar-refractivity contribution < 1.29 is 15.0 Å². The van der Waals surface area contributed by atoms with Gasteiger partial charge in [0.1, 0.15) is 0 Å². The Balaban J connectivity index is 1.62. The third-order valence-corrected chi connectivity index (χ3v) is 12.9. The van der Waals surface area contributed by atoms with E-state index in [4.69, 9.17) is 0 Å². The molecule has 5 aliphatic rings. The number of hydrogen-bond donors (Lipinski definition) is 2. The molecule has 184 valence electrons. The minimum atomic E-state index is -0.601. The molecule has 0 amide bonds. The van der Waals surface area contributed by atoms with Crippen molar-refractivity contribution in [2.45, 2.75) is 105 Å². The zero-order valence-electron chi connectivity index (χ0n) is 21.8. The zero-order chi connectivity index (χ0) is 24.2. The fourth-order valence-corrected chi connectivity index (χ4v) is 10.7. The summed E-state index contributed by atoms with van der Waals surface area (Å²) in [5.41, 5.74) is 2.44. The lowest BCUT2D eigenvalue weighted by Crippen LogP contribution is -2.64. The van der Waals surface area contributed by atoms with Crippen molar-refractivity contribution in [3.8, 4) is 0 Å². The molecule has 5 aliphatic carbocycles. The molecule has 5 rings (SSSR count). The minimum Gasteiger partial charge on any atom is -0.481 e. The Labute approximate surface area is 201 Å². The average molecular weight is 455 g/mol. The molecule has 0 bridgehead atoms. The number of carbonyl (C=O) groups is 1. The van der Waals surface area contributed by atoms with E-state index in [1.165, 1.54) is 24.0 Å². The van der Waals surface area contributed by atoms with Gasteiger partial charge in [-0.05, 0) is 104 Å². The summed E-state index contributed by atoms with van der Waals surface area (Å²) in [7, 11) is 0. The SMILES string of the molecule is C=C(C)[C@@H]1CC[C@]2(C(=O)O)CC[C@]3(C)C(=CCC4[C@@]5(C)CC[C@H](O)C(C)(C)C5CC[C@]43C)C12. The molecular weight excluding hydrogens is 408 g/mol. The molecular formula is C30H46O3. The first-order valence-corrected chi connectivity index (χ1v) is 13.5. The molecule has 3 heteroatoms. The van der Waals surface area contributed by atoms with Crippen molar-refractivity contribution in [2.75, 3.05) is 0 Å². The highest BCUT2D eigenvalue weighted by Crippen LogP contribution is 2.76. The normalized spacial score (nSPS) is 52.6. The van der Waals surface area contributed by atoms with Gasteiger partial charge in [0, 0.05) is 5.92 Å². The van der Waals surface area contributed by atoms with Crippen molar-refractivity contribution in [1.82, 2.24) is 0 Å². The van der Waals surface area contributed by atoms with Gasteiger partial charge in [-0.15, -0.1) is 0 Å². The number of aliphatic hydroxyl groups excluding tert-OH is 1. The fourth-order valence-electron chi connectivity index (χ4n) is 10.7. The Morgan fingerprint density at radius 2 is 1.67 bits per heavy atom. The number of aliphatic hydroxyl groups is 1. The Bertz CT molecular complexity index is 916. The summed E-state index contributed by atoms with van der Waals surface area (Å²) in [4.78, 5) is 12.7. The number of allylic oxidation sites excluding steroid dienone is 3. The van der Waals surface area contributed by atoms with Gasteiger partial charge >= 0.3 is 5.97 Å². The maximum atomic E-state index is 12.7. The van der Waals surface area contributed by atoms with E-state index in [-0.39, 0.29) is 33.7 Å². The van der Waals surface area contributed by atoms with E-state index in [0.29, 0.717) is 17.8 Å². The maximum absolute atomic E-state index is 12.7. The van der Waals surface area contributed by atoms with E-state index < -0.39 is 11.4 Å². The lowest BCUT2D eigenvalue weighted by atomic mass is 9.34. The van der Waals surface area contributed by atoms with Crippen LogP contribution in [0.4, 0.5) is 0 Å². The van der Waals surface area contributed by atoms with Crippen LogP contribution >= 0.6 is 0 Å². The summed E-state index contributed by atoms with van der Waals surface area (Å²) >= 11 is 0. The van der Waals surface area contributed by atoms with Gasteiger partial charge in [-0.3, -0.25) is 4.79 Å². The monoisotopic (exact) mass is 454 g/mol. The summed E-state index contributed by atoms with van der Waals surface area (Å²) in [6.45, 7) is 18.6.